The van der Waals surface area contributed by atoms with Crippen molar-refractivity contribution in [2.45, 2.75) is 33.1 Å². The number of unbranched alkanes of at least 4 members (excludes halogenated alkanes) is 1. The summed E-state index contributed by atoms with van der Waals surface area (Å²) in [5.74, 6) is 1.41. The van der Waals surface area contributed by atoms with Gasteiger partial charge >= 0.3 is 0 Å². The lowest BCUT2D eigenvalue weighted by molar-refractivity contribution is 0.340. The molecule has 5 nitrogen and oxygen atoms in total. The zero-order valence-electron chi connectivity index (χ0n) is 15.5. The van der Waals surface area contributed by atoms with Gasteiger partial charge in [-0.05, 0) is 43.7 Å². The van der Waals surface area contributed by atoms with E-state index < -0.39 is 0 Å². The van der Waals surface area contributed by atoms with E-state index in [0.717, 1.165) is 28.6 Å². The molecule has 0 aliphatic carbocycles. The summed E-state index contributed by atoms with van der Waals surface area (Å²) < 4.78 is 7.89. The van der Waals surface area contributed by atoms with Crippen LogP contribution in [0.5, 0.6) is 5.75 Å². The number of benzene rings is 2. The molecule has 0 saturated heterocycles. The summed E-state index contributed by atoms with van der Waals surface area (Å²) >= 11 is 3.42. The van der Waals surface area contributed by atoms with E-state index >= 15 is 0 Å². The highest BCUT2D eigenvalue weighted by molar-refractivity contribution is 9.10. The summed E-state index contributed by atoms with van der Waals surface area (Å²) in [5, 5.41) is 5.01. The molecule has 0 aliphatic rings. The van der Waals surface area contributed by atoms with Gasteiger partial charge in [-0.15, -0.1) is 0 Å². The minimum atomic E-state index is -0.169. The highest BCUT2D eigenvalue weighted by Gasteiger charge is 2.11. The molecule has 0 radical (unpaired) electrons. The number of aryl methyl sites for hydroxylation is 1. The summed E-state index contributed by atoms with van der Waals surface area (Å²) in [6.45, 7) is 4.62. The largest absolute Gasteiger partial charge is 0.493 e. The molecule has 0 unspecified atom stereocenters. The highest BCUT2D eigenvalue weighted by atomic mass is 79.9. The lowest BCUT2D eigenvalue weighted by Gasteiger charge is -2.10. The van der Waals surface area contributed by atoms with Crippen LogP contribution in [0.4, 0.5) is 0 Å². The summed E-state index contributed by atoms with van der Waals surface area (Å²) in [6.07, 6.45) is 4.32. The Morgan fingerprint density at radius 3 is 2.81 bits per heavy atom. The van der Waals surface area contributed by atoms with E-state index in [4.69, 9.17) is 4.74 Å². The summed E-state index contributed by atoms with van der Waals surface area (Å²) in [6, 6.07) is 13.2. The first kappa shape index (κ1) is 19.3. The van der Waals surface area contributed by atoms with Gasteiger partial charge < -0.3 is 4.74 Å². The second-order valence-corrected chi connectivity index (χ2v) is 7.04. The Morgan fingerprint density at radius 2 is 2.04 bits per heavy atom. The van der Waals surface area contributed by atoms with Crippen molar-refractivity contribution in [2.75, 3.05) is 6.61 Å². The van der Waals surface area contributed by atoms with Crippen LogP contribution in [0.15, 0.2) is 56.8 Å². The van der Waals surface area contributed by atoms with Gasteiger partial charge in [0, 0.05) is 16.5 Å². The molecule has 0 N–H and O–H groups in total. The number of aromatic nitrogens is 2. The van der Waals surface area contributed by atoms with E-state index in [1.807, 2.05) is 43.3 Å². The Labute approximate surface area is 166 Å². The molecule has 0 saturated carbocycles. The minimum Gasteiger partial charge on any atom is -0.493 e. The molecule has 0 bridgehead atoms. The normalized spacial score (nSPS) is 11.4. The quantitative estimate of drug-likeness (QED) is 0.509. The van der Waals surface area contributed by atoms with Crippen LogP contribution in [0.25, 0.3) is 10.9 Å². The lowest BCUT2D eigenvalue weighted by Crippen LogP contribution is -2.22. The van der Waals surface area contributed by atoms with Gasteiger partial charge in [0.05, 0.1) is 23.7 Å². The smallest absolute Gasteiger partial charge is 0.282 e. The van der Waals surface area contributed by atoms with Gasteiger partial charge in [0.2, 0.25) is 0 Å². The fraction of sp³-hybridized carbons (Fsp3) is 0.286. The molecule has 0 spiro atoms. The molecule has 140 valence electrons. The molecule has 0 atom stereocenters. The van der Waals surface area contributed by atoms with E-state index in [2.05, 4.69) is 32.9 Å². The molecule has 3 aromatic rings. The van der Waals surface area contributed by atoms with E-state index in [0.29, 0.717) is 29.8 Å². The molecular formula is C21H22BrN3O2. The van der Waals surface area contributed by atoms with Crippen LogP contribution in [0.1, 0.15) is 38.1 Å². The predicted octanol–water partition coefficient (Wildman–Crippen LogP) is 4.78. The number of halogens is 1. The van der Waals surface area contributed by atoms with Crippen LogP contribution >= 0.6 is 15.9 Å². The van der Waals surface area contributed by atoms with Crippen LogP contribution in [0, 0.1) is 0 Å². The maximum atomic E-state index is 13.1. The average molecular weight is 428 g/mol. The maximum absolute atomic E-state index is 13.1. The average Bonchev–Trinajstić information content (AvgIpc) is 2.67. The Bertz CT molecular complexity index is 1030. The standard InChI is InChI=1S/C21H22BrN3O2/c1-3-5-10-20-24-18-12-11-16(22)13-17(18)21(26)25(20)23-14-15-8-6-7-9-19(15)27-4-2/h6-9,11-14H,3-5,10H2,1-2H3. The molecular weight excluding hydrogens is 406 g/mol. The van der Waals surface area contributed by atoms with E-state index in [9.17, 15) is 4.79 Å². The first-order valence-corrected chi connectivity index (χ1v) is 9.90. The van der Waals surface area contributed by atoms with Gasteiger partial charge in [-0.2, -0.15) is 9.78 Å². The number of hydrogen-bond donors (Lipinski definition) is 0. The number of hydrogen-bond acceptors (Lipinski definition) is 4. The van der Waals surface area contributed by atoms with Gasteiger partial charge in [0.25, 0.3) is 5.56 Å². The third-order valence-electron chi connectivity index (χ3n) is 4.16. The lowest BCUT2D eigenvalue weighted by atomic mass is 10.2. The first-order chi connectivity index (χ1) is 13.1. The van der Waals surface area contributed by atoms with Crippen LogP contribution in [0.2, 0.25) is 0 Å². The predicted molar refractivity (Wildman–Crippen MR) is 113 cm³/mol. The Morgan fingerprint density at radius 1 is 1.22 bits per heavy atom. The molecule has 0 amide bonds. The van der Waals surface area contributed by atoms with E-state index in [1.165, 1.54) is 4.68 Å². The second kappa shape index (κ2) is 8.95. The third kappa shape index (κ3) is 4.45. The zero-order chi connectivity index (χ0) is 19.2. The number of fused-ring (bicyclic) bond motifs is 1. The molecule has 2 aromatic carbocycles. The number of rotatable bonds is 7. The second-order valence-electron chi connectivity index (χ2n) is 6.13. The fourth-order valence-electron chi connectivity index (χ4n) is 2.80. The van der Waals surface area contributed by atoms with Crippen LogP contribution in [-0.4, -0.2) is 22.5 Å². The van der Waals surface area contributed by atoms with E-state index in [-0.39, 0.29) is 5.56 Å². The monoisotopic (exact) mass is 427 g/mol. The molecule has 27 heavy (non-hydrogen) atoms. The van der Waals surface area contributed by atoms with Gasteiger partial charge in [-0.1, -0.05) is 41.4 Å². The topological polar surface area (TPSA) is 56.5 Å². The summed E-state index contributed by atoms with van der Waals surface area (Å²) in [4.78, 5) is 17.7. The first-order valence-electron chi connectivity index (χ1n) is 9.11. The van der Waals surface area contributed by atoms with Crippen molar-refractivity contribution in [1.29, 1.82) is 0 Å². The van der Waals surface area contributed by atoms with E-state index in [1.54, 1.807) is 12.3 Å². The van der Waals surface area contributed by atoms with Crippen molar-refractivity contribution < 1.29 is 4.74 Å². The molecule has 1 heterocycles. The van der Waals surface area contributed by atoms with Crippen molar-refractivity contribution in [3.8, 4) is 5.75 Å². The Balaban J connectivity index is 2.11. The molecule has 6 heteroatoms. The van der Waals surface area contributed by atoms with Crippen molar-refractivity contribution in [2.24, 2.45) is 5.10 Å². The van der Waals surface area contributed by atoms with Gasteiger partial charge in [-0.3, -0.25) is 4.79 Å². The van der Waals surface area contributed by atoms with Crippen molar-refractivity contribution in [3.05, 3.63) is 68.7 Å². The van der Waals surface area contributed by atoms with Gasteiger partial charge in [-0.25, -0.2) is 4.98 Å². The molecule has 0 aliphatic heterocycles. The van der Waals surface area contributed by atoms with Crippen molar-refractivity contribution >= 4 is 33.0 Å². The van der Waals surface area contributed by atoms with Crippen LogP contribution in [-0.2, 0) is 6.42 Å². The number of para-hydroxylation sites is 1. The molecule has 1 aromatic heterocycles. The number of ether oxygens (including phenoxy) is 1. The van der Waals surface area contributed by atoms with Gasteiger partial charge in [0.1, 0.15) is 11.6 Å². The molecule has 3 rings (SSSR count). The fourth-order valence-corrected chi connectivity index (χ4v) is 3.17. The summed E-state index contributed by atoms with van der Waals surface area (Å²) in [5.41, 5.74) is 1.34. The molecule has 0 fully saturated rings. The third-order valence-corrected chi connectivity index (χ3v) is 4.65. The van der Waals surface area contributed by atoms with Crippen LogP contribution in [0.3, 0.4) is 0 Å². The minimum absolute atomic E-state index is 0.169. The zero-order valence-corrected chi connectivity index (χ0v) is 17.1. The SMILES string of the molecule is CCCCc1nc2ccc(Br)cc2c(=O)n1N=Cc1ccccc1OCC. The highest BCUT2D eigenvalue weighted by Crippen LogP contribution is 2.18. The van der Waals surface area contributed by atoms with Crippen molar-refractivity contribution in [3.63, 3.8) is 0 Å². The Kier molecular flexibility index (Phi) is 6.40. The van der Waals surface area contributed by atoms with Crippen molar-refractivity contribution in [1.82, 2.24) is 9.66 Å². The number of nitrogens with zero attached hydrogens (tertiary/aromatic N) is 3. The van der Waals surface area contributed by atoms with Crippen LogP contribution < -0.4 is 10.3 Å². The summed E-state index contributed by atoms with van der Waals surface area (Å²) in [7, 11) is 0. The Hall–Kier alpha value is -2.47. The van der Waals surface area contributed by atoms with Gasteiger partial charge in [0.15, 0.2) is 0 Å². The maximum Gasteiger partial charge on any atom is 0.282 e.